The van der Waals surface area contributed by atoms with E-state index >= 15 is 0 Å². The van der Waals surface area contributed by atoms with Gasteiger partial charge in [-0.05, 0) is 25.2 Å². The highest BCUT2D eigenvalue weighted by atomic mass is 16.6. The van der Waals surface area contributed by atoms with Crippen molar-refractivity contribution in [2.75, 3.05) is 13.2 Å². The number of ether oxygens (including phenoxy) is 3. The van der Waals surface area contributed by atoms with Crippen LogP contribution in [0.3, 0.4) is 0 Å². The summed E-state index contributed by atoms with van der Waals surface area (Å²) in [5.41, 5.74) is 0. The Morgan fingerprint density at radius 3 is 0.907 bits per heavy atom. The van der Waals surface area contributed by atoms with E-state index in [4.69, 9.17) is 14.2 Å². The highest BCUT2D eigenvalue weighted by Gasteiger charge is 2.19. The van der Waals surface area contributed by atoms with Crippen molar-refractivity contribution >= 4 is 17.9 Å². The van der Waals surface area contributed by atoms with Gasteiger partial charge in [-0.25, -0.2) is 0 Å². The molecule has 0 aliphatic carbocycles. The predicted molar refractivity (Wildman–Crippen MR) is 229 cm³/mol. The van der Waals surface area contributed by atoms with Crippen molar-refractivity contribution in [3.8, 4) is 0 Å². The molecule has 0 aromatic heterocycles. The molecule has 54 heavy (non-hydrogen) atoms. The average Bonchev–Trinajstić information content (AvgIpc) is 3.15. The fourth-order valence-electron chi connectivity index (χ4n) is 7.16. The van der Waals surface area contributed by atoms with Crippen LogP contribution in [0.15, 0.2) is 0 Å². The lowest BCUT2D eigenvalue weighted by Crippen LogP contribution is -2.30. The third kappa shape index (κ3) is 41.6. The first-order valence-corrected chi connectivity index (χ1v) is 23.9. The molecule has 0 saturated carbocycles. The summed E-state index contributed by atoms with van der Waals surface area (Å²) in [6.07, 6.45) is 42.2. The average molecular weight is 765 g/mol. The Kier molecular flexibility index (Phi) is 41.3. The first kappa shape index (κ1) is 52.4. The summed E-state index contributed by atoms with van der Waals surface area (Å²) >= 11 is 0. The Morgan fingerprint density at radius 2 is 0.611 bits per heavy atom. The van der Waals surface area contributed by atoms with Gasteiger partial charge in [-0.15, -0.1) is 0 Å². The Balaban J connectivity index is 4.33. The van der Waals surface area contributed by atoms with Gasteiger partial charge < -0.3 is 14.2 Å². The lowest BCUT2D eigenvalue weighted by atomic mass is 10.0. The maximum atomic E-state index is 12.7. The third-order valence-electron chi connectivity index (χ3n) is 10.8. The molecule has 320 valence electrons. The molecule has 0 radical (unpaired) electrons. The number of carbonyl (C=O) groups excluding carboxylic acids is 3. The topological polar surface area (TPSA) is 78.9 Å². The molecule has 1 atom stereocenters. The van der Waals surface area contributed by atoms with Crippen LogP contribution in [0.4, 0.5) is 0 Å². The van der Waals surface area contributed by atoms with Gasteiger partial charge in [0.1, 0.15) is 13.2 Å². The molecule has 0 aromatic carbocycles. The van der Waals surface area contributed by atoms with Crippen LogP contribution in [0.2, 0.25) is 0 Å². The SMILES string of the molecule is CCCCCCCCCCCCCCCC(=O)O[C@@H](COC(=O)CCCCCCCCCCCCC)COC(=O)CCCCCCCCCCCC(C)C. The first-order valence-electron chi connectivity index (χ1n) is 23.9. The lowest BCUT2D eigenvalue weighted by molar-refractivity contribution is -0.167. The smallest absolute Gasteiger partial charge is 0.306 e. The van der Waals surface area contributed by atoms with Crippen molar-refractivity contribution in [2.24, 2.45) is 5.92 Å². The minimum absolute atomic E-state index is 0.0635. The summed E-state index contributed by atoms with van der Waals surface area (Å²) in [4.78, 5) is 37.8. The summed E-state index contributed by atoms with van der Waals surface area (Å²) < 4.78 is 16.7. The van der Waals surface area contributed by atoms with Crippen molar-refractivity contribution in [2.45, 2.75) is 271 Å². The van der Waals surface area contributed by atoms with Crippen molar-refractivity contribution in [1.82, 2.24) is 0 Å². The molecule has 0 unspecified atom stereocenters. The summed E-state index contributed by atoms with van der Waals surface area (Å²) in [6, 6.07) is 0. The Bertz CT molecular complexity index is 811. The Hall–Kier alpha value is -1.59. The monoisotopic (exact) mass is 765 g/mol. The number of hydrogen-bond acceptors (Lipinski definition) is 6. The van der Waals surface area contributed by atoms with Crippen molar-refractivity contribution < 1.29 is 28.6 Å². The van der Waals surface area contributed by atoms with Gasteiger partial charge in [-0.1, -0.05) is 227 Å². The van der Waals surface area contributed by atoms with Gasteiger partial charge in [0.15, 0.2) is 6.10 Å². The molecule has 0 aromatic rings. The Labute approximate surface area is 336 Å². The molecular formula is C48H92O6. The number of carbonyl (C=O) groups is 3. The first-order chi connectivity index (χ1) is 26.4. The largest absolute Gasteiger partial charge is 0.462 e. The van der Waals surface area contributed by atoms with Crippen molar-refractivity contribution in [3.63, 3.8) is 0 Å². The maximum absolute atomic E-state index is 12.7. The van der Waals surface area contributed by atoms with Crippen LogP contribution in [-0.2, 0) is 28.6 Å². The summed E-state index contributed by atoms with van der Waals surface area (Å²) in [7, 11) is 0. The van der Waals surface area contributed by atoms with Gasteiger partial charge in [0, 0.05) is 19.3 Å². The summed E-state index contributed by atoms with van der Waals surface area (Å²) in [5, 5.41) is 0. The minimum atomic E-state index is -0.759. The second kappa shape index (κ2) is 42.6. The molecule has 0 bridgehead atoms. The zero-order chi connectivity index (χ0) is 39.6. The molecular weight excluding hydrogens is 673 g/mol. The van der Waals surface area contributed by atoms with Crippen LogP contribution in [0.1, 0.15) is 265 Å². The van der Waals surface area contributed by atoms with Crippen LogP contribution in [0.5, 0.6) is 0 Å². The lowest BCUT2D eigenvalue weighted by Gasteiger charge is -2.18. The van der Waals surface area contributed by atoms with Crippen LogP contribution in [-0.4, -0.2) is 37.2 Å². The molecule has 0 aliphatic rings. The van der Waals surface area contributed by atoms with E-state index in [-0.39, 0.29) is 31.1 Å². The predicted octanol–water partition coefficient (Wildman–Crippen LogP) is 15.1. The van der Waals surface area contributed by atoms with Gasteiger partial charge in [0.25, 0.3) is 0 Å². The molecule has 0 N–H and O–H groups in total. The van der Waals surface area contributed by atoms with Crippen LogP contribution in [0.25, 0.3) is 0 Å². The number of unbranched alkanes of at least 4 members (excludes halogenated alkanes) is 30. The second-order valence-electron chi connectivity index (χ2n) is 16.9. The van der Waals surface area contributed by atoms with Crippen LogP contribution < -0.4 is 0 Å². The number of hydrogen-bond donors (Lipinski definition) is 0. The van der Waals surface area contributed by atoms with E-state index in [9.17, 15) is 14.4 Å². The fraction of sp³-hybridized carbons (Fsp3) is 0.938. The molecule has 6 heteroatoms. The Morgan fingerprint density at radius 1 is 0.352 bits per heavy atom. The quantitative estimate of drug-likeness (QED) is 0.0349. The van der Waals surface area contributed by atoms with Gasteiger partial charge in [-0.2, -0.15) is 0 Å². The van der Waals surface area contributed by atoms with Crippen LogP contribution >= 0.6 is 0 Å². The van der Waals surface area contributed by atoms with Crippen LogP contribution in [0, 0.1) is 5.92 Å². The molecule has 0 aliphatic heterocycles. The highest BCUT2D eigenvalue weighted by molar-refractivity contribution is 5.71. The van der Waals surface area contributed by atoms with E-state index in [2.05, 4.69) is 27.7 Å². The maximum Gasteiger partial charge on any atom is 0.306 e. The molecule has 0 spiro atoms. The highest BCUT2D eigenvalue weighted by Crippen LogP contribution is 2.16. The zero-order valence-electron chi connectivity index (χ0n) is 36.7. The van der Waals surface area contributed by atoms with E-state index in [0.29, 0.717) is 19.3 Å². The van der Waals surface area contributed by atoms with Crippen molar-refractivity contribution in [1.29, 1.82) is 0 Å². The van der Waals surface area contributed by atoms with E-state index in [0.717, 1.165) is 63.7 Å². The molecule has 0 amide bonds. The van der Waals surface area contributed by atoms with E-state index in [1.807, 2.05) is 0 Å². The van der Waals surface area contributed by atoms with E-state index < -0.39 is 6.10 Å². The number of esters is 3. The fourth-order valence-corrected chi connectivity index (χ4v) is 7.16. The van der Waals surface area contributed by atoms with Gasteiger partial charge in [-0.3, -0.25) is 14.4 Å². The van der Waals surface area contributed by atoms with Gasteiger partial charge in [0.05, 0.1) is 0 Å². The summed E-state index contributed by atoms with van der Waals surface area (Å²) in [5.74, 6) is -0.0429. The zero-order valence-corrected chi connectivity index (χ0v) is 36.7. The molecule has 0 saturated heterocycles. The van der Waals surface area contributed by atoms with E-state index in [1.54, 1.807) is 0 Å². The second-order valence-corrected chi connectivity index (χ2v) is 16.9. The van der Waals surface area contributed by atoms with Crippen molar-refractivity contribution in [3.05, 3.63) is 0 Å². The standard InChI is InChI=1S/C48H92O6/c1-5-7-9-11-13-15-17-18-20-24-29-33-37-41-48(51)54-45(42-52-46(49)39-35-31-27-23-19-16-14-12-10-8-6-2)43-53-47(50)40-36-32-28-25-21-22-26-30-34-38-44(3)4/h44-45H,5-43H2,1-4H3/t45-/m0/s1. The normalized spacial score (nSPS) is 11.9. The molecule has 6 nitrogen and oxygen atoms in total. The van der Waals surface area contributed by atoms with Gasteiger partial charge >= 0.3 is 17.9 Å². The molecule has 0 heterocycles. The molecule has 0 fully saturated rings. The van der Waals surface area contributed by atoms with Gasteiger partial charge in [0.2, 0.25) is 0 Å². The number of rotatable bonds is 43. The third-order valence-corrected chi connectivity index (χ3v) is 10.8. The minimum Gasteiger partial charge on any atom is -0.462 e. The van der Waals surface area contributed by atoms with E-state index in [1.165, 1.54) is 161 Å². The molecule has 0 rings (SSSR count). The summed E-state index contributed by atoms with van der Waals surface area (Å²) in [6.45, 7) is 8.98.